The van der Waals surface area contributed by atoms with Crippen molar-refractivity contribution < 1.29 is 33.3 Å². The van der Waals surface area contributed by atoms with Crippen molar-refractivity contribution in [2.45, 2.75) is 71.6 Å². The van der Waals surface area contributed by atoms with Gasteiger partial charge in [-0.15, -0.1) is 0 Å². The number of fused-ring (bicyclic) bond motifs is 2. The molecule has 0 saturated heterocycles. The Labute approximate surface area is 352 Å². The average molecular weight is 863 g/mol. The lowest BCUT2D eigenvalue weighted by Crippen LogP contribution is -3.00. The van der Waals surface area contributed by atoms with E-state index >= 15 is 0 Å². The third kappa shape index (κ3) is 10.1. The second-order valence-electron chi connectivity index (χ2n) is 15.4. The number of nitrogens with zero attached hydrogens (tertiary/aromatic N) is 5. The van der Waals surface area contributed by atoms with E-state index in [1.807, 2.05) is 43.3 Å². The molecule has 294 valence electrons. The second kappa shape index (κ2) is 19.9. The van der Waals surface area contributed by atoms with Gasteiger partial charge < -0.3 is 39.1 Å². The molecule has 0 bridgehead atoms. The summed E-state index contributed by atoms with van der Waals surface area (Å²) in [5, 5.41) is 11.3. The fourth-order valence-electron chi connectivity index (χ4n) is 7.36. The molecule has 4 aromatic carbocycles. The minimum Gasteiger partial charge on any atom is -1.00 e. The Balaban J connectivity index is 0.000000253. The maximum absolute atomic E-state index is 11.9. The lowest BCUT2D eigenvalue weighted by atomic mass is 9.81. The van der Waals surface area contributed by atoms with E-state index in [-0.39, 0.29) is 40.7 Å². The summed E-state index contributed by atoms with van der Waals surface area (Å²) in [5.41, 5.74) is 11.5. The maximum atomic E-state index is 11.9. The van der Waals surface area contributed by atoms with Crippen molar-refractivity contribution in [3.8, 4) is 0 Å². The molecule has 6 rings (SSSR count). The van der Waals surface area contributed by atoms with E-state index in [0.717, 1.165) is 42.9 Å². The predicted molar refractivity (Wildman–Crippen MR) is 232 cm³/mol. The number of anilines is 2. The van der Waals surface area contributed by atoms with E-state index in [9.17, 15) is 4.79 Å². The molecule has 7 nitrogen and oxygen atoms in total. The number of unbranched alkanes of at least 4 members (excludes halogenated alkanes) is 1. The summed E-state index contributed by atoms with van der Waals surface area (Å²) in [6.07, 6.45) is 14.3. The summed E-state index contributed by atoms with van der Waals surface area (Å²) in [6.45, 7) is 15.4. The Hall–Kier alpha value is -4.83. The standard InChI is InChI=1S/C29H35N2.C19H24N4O.HI/c1-7-21-31-25-18-14-12-16-23(25)29(4,5)27(31)20-10-8-9-19-26-28(2,3)22-15-11-13-17-24(22)30(26)6;1-4-5-14-20-19(24)15-6-8-16(9-7-15)21-22-17-10-12-18(13-11-17)23(2)3;/h8-20H,7,21H2,1-6H3;6-13H,4-5,14H2,1-3H3,(H,20,24);1H/q+1;;/p-1. The maximum Gasteiger partial charge on any atom is 0.251 e. The van der Waals surface area contributed by atoms with Crippen LogP contribution in [0.5, 0.6) is 0 Å². The number of carbonyl (C=O) groups is 1. The Morgan fingerprint density at radius 2 is 1.38 bits per heavy atom. The number of amides is 1. The summed E-state index contributed by atoms with van der Waals surface area (Å²) in [5.74, 6) is -0.0498. The Bertz CT molecular complexity index is 2090. The molecule has 2 aliphatic rings. The van der Waals surface area contributed by atoms with E-state index in [4.69, 9.17) is 0 Å². The van der Waals surface area contributed by atoms with Crippen LogP contribution in [-0.4, -0.2) is 50.4 Å². The van der Waals surface area contributed by atoms with E-state index in [2.05, 4.69) is 153 Å². The van der Waals surface area contributed by atoms with Gasteiger partial charge in [-0.05, 0) is 92.9 Å². The zero-order chi connectivity index (χ0) is 39.6. The van der Waals surface area contributed by atoms with Gasteiger partial charge in [0.1, 0.15) is 7.05 Å². The van der Waals surface area contributed by atoms with E-state index < -0.39 is 0 Å². The van der Waals surface area contributed by atoms with E-state index in [1.165, 1.54) is 33.9 Å². The van der Waals surface area contributed by atoms with Gasteiger partial charge in [-0.25, -0.2) is 0 Å². The number of allylic oxidation sites excluding steroid dienone is 6. The first-order valence-electron chi connectivity index (χ1n) is 19.6. The van der Waals surface area contributed by atoms with E-state index in [1.54, 1.807) is 24.3 Å². The zero-order valence-electron chi connectivity index (χ0n) is 34.7. The minimum atomic E-state index is -0.0498. The average Bonchev–Trinajstić information content (AvgIpc) is 3.52. The molecule has 2 heterocycles. The fraction of sp³-hybridized carbons (Fsp3) is 0.333. The molecule has 8 heteroatoms. The molecule has 56 heavy (non-hydrogen) atoms. The number of carbonyl (C=O) groups excluding carboxylic acids is 1. The third-order valence-electron chi connectivity index (χ3n) is 10.5. The molecular formula is C48H59IN6O. The second-order valence-corrected chi connectivity index (χ2v) is 15.4. The number of nitrogens with one attached hydrogen (secondary N) is 1. The molecule has 0 atom stereocenters. The molecule has 0 aromatic heterocycles. The van der Waals surface area contributed by atoms with Crippen LogP contribution in [-0.2, 0) is 10.8 Å². The number of hydrogen-bond donors (Lipinski definition) is 1. The SMILES string of the molecule is CCCCNC(=O)c1ccc(N=Nc2ccc(N(C)C)cc2)cc1.CCCN1/C(=C/C=C/C=C/C2=[N+](C)c3ccccc3C2(C)C)C(C)(C)c2ccccc21.[I-]. The molecule has 0 unspecified atom stereocenters. The van der Waals surface area contributed by atoms with Crippen LogP contribution < -0.4 is 39.1 Å². The highest BCUT2D eigenvalue weighted by Gasteiger charge is 2.42. The molecule has 1 N–H and O–H groups in total. The Kier molecular flexibility index (Phi) is 15.6. The van der Waals surface area contributed by atoms with Gasteiger partial charge in [-0.3, -0.25) is 4.79 Å². The molecule has 0 saturated carbocycles. The molecular weight excluding hydrogens is 803 g/mol. The minimum absolute atomic E-state index is 0. The number of benzene rings is 4. The normalized spacial score (nSPS) is 15.9. The van der Waals surface area contributed by atoms with Crippen molar-refractivity contribution in [2.24, 2.45) is 10.2 Å². The molecule has 0 spiro atoms. The monoisotopic (exact) mass is 862 g/mol. The zero-order valence-corrected chi connectivity index (χ0v) is 36.8. The van der Waals surface area contributed by atoms with Gasteiger partial charge in [0.05, 0.1) is 16.8 Å². The van der Waals surface area contributed by atoms with Crippen LogP contribution in [0.15, 0.2) is 143 Å². The van der Waals surface area contributed by atoms with Crippen molar-refractivity contribution >= 4 is 40.1 Å². The summed E-state index contributed by atoms with van der Waals surface area (Å²) in [4.78, 5) is 16.4. The summed E-state index contributed by atoms with van der Waals surface area (Å²) < 4.78 is 2.32. The molecule has 2 aliphatic heterocycles. The van der Waals surface area contributed by atoms with Gasteiger partial charge in [-0.1, -0.05) is 88.7 Å². The van der Waals surface area contributed by atoms with Gasteiger partial charge in [0.15, 0.2) is 5.71 Å². The van der Waals surface area contributed by atoms with Gasteiger partial charge in [0, 0.05) is 72.9 Å². The van der Waals surface area contributed by atoms with Crippen LogP contribution in [0.25, 0.3) is 0 Å². The van der Waals surface area contributed by atoms with Crippen LogP contribution in [0.1, 0.15) is 82.3 Å². The first-order chi connectivity index (χ1) is 26.4. The van der Waals surface area contributed by atoms with Crippen LogP contribution in [0.4, 0.5) is 28.4 Å². The predicted octanol–water partition coefficient (Wildman–Crippen LogP) is 8.60. The fourth-order valence-corrected chi connectivity index (χ4v) is 7.36. The third-order valence-corrected chi connectivity index (χ3v) is 10.5. The van der Waals surface area contributed by atoms with E-state index in [0.29, 0.717) is 12.1 Å². The largest absolute Gasteiger partial charge is 1.00 e. The van der Waals surface area contributed by atoms with Gasteiger partial charge in [-0.2, -0.15) is 14.8 Å². The highest BCUT2D eigenvalue weighted by atomic mass is 127. The summed E-state index contributed by atoms with van der Waals surface area (Å²) in [7, 11) is 6.16. The van der Waals surface area contributed by atoms with Crippen LogP contribution in [0.2, 0.25) is 0 Å². The van der Waals surface area contributed by atoms with Crippen molar-refractivity contribution in [3.05, 3.63) is 150 Å². The number of rotatable bonds is 12. The number of azo groups is 1. The van der Waals surface area contributed by atoms with Gasteiger partial charge in [0.25, 0.3) is 5.91 Å². The van der Waals surface area contributed by atoms with Crippen molar-refractivity contribution in [2.75, 3.05) is 44.0 Å². The highest BCUT2D eigenvalue weighted by molar-refractivity contribution is 6.03. The molecule has 0 aliphatic carbocycles. The lowest BCUT2D eigenvalue weighted by molar-refractivity contribution is -0.401. The first-order valence-corrected chi connectivity index (χ1v) is 19.6. The Morgan fingerprint density at radius 1 is 0.768 bits per heavy atom. The van der Waals surface area contributed by atoms with Crippen LogP contribution in [0.3, 0.4) is 0 Å². The number of halogens is 1. The molecule has 0 radical (unpaired) electrons. The topological polar surface area (TPSA) is 63.3 Å². The quantitative estimate of drug-likeness (QED) is 0.0511. The van der Waals surface area contributed by atoms with Crippen molar-refractivity contribution in [3.63, 3.8) is 0 Å². The lowest BCUT2D eigenvalue weighted by Gasteiger charge is -2.26. The first kappa shape index (κ1) is 43.9. The molecule has 1 amide bonds. The highest BCUT2D eigenvalue weighted by Crippen LogP contribution is 2.47. The van der Waals surface area contributed by atoms with Crippen LogP contribution >= 0.6 is 0 Å². The number of para-hydroxylation sites is 2. The van der Waals surface area contributed by atoms with Gasteiger partial charge in [0.2, 0.25) is 5.69 Å². The molecule has 4 aromatic rings. The summed E-state index contributed by atoms with van der Waals surface area (Å²) in [6, 6.07) is 32.5. The van der Waals surface area contributed by atoms with Gasteiger partial charge >= 0.3 is 0 Å². The smallest absolute Gasteiger partial charge is 0.251 e. The number of hydrogen-bond acceptors (Lipinski definition) is 5. The summed E-state index contributed by atoms with van der Waals surface area (Å²) >= 11 is 0. The Morgan fingerprint density at radius 3 is 1.98 bits per heavy atom. The van der Waals surface area contributed by atoms with Crippen LogP contribution in [0, 0.1) is 0 Å². The molecule has 0 fully saturated rings. The van der Waals surface area contributed by atoms with Crippen molar-refractivity contribution in [1.29, 1.82) is 0 Å². The van der Waals surface area contributed by atoms with Crippen molar-refractivity contribution in [1.82, 2.24) is 5.32 Å².